The summed E-state index contributed by atoms with van der Waals surface area (Å²) in [5.74, 6) is 1.81. The Kier molecular flexibility index (Phi) is 3.12. The smallest absolute Gasteiger partial charge is 0.207 e. The van der Waals surface area contributed by atoms with Crippen molar-refractivity contribution in [2.75, 3.05) is 0 Å². The minimum atomic E-state index is -3.76. The van der Waals surface area contributed by atoms with E-state index in [-0.39, 0.29) is 10.9 Å². The molecule has 1 N–H and O–H groups in total. The molecule has 21 heavy (non-hydrogen) atoms. The van der Waals surface area contributed by atoms with E-state index < -0.39 is 15.8 Å². The molecule has 0 atom stereocenters. The molecule has 5 heteroatoms. The van der Waals surface area contributed by atoms with E-state index in [0.717, 1.165) is 37.5 Å². The average Bonchev–Trinajstić information content (AvgIpc) is 2.42. The van der Waals surface area contributed by atoms with E-state index >= 15 is 0 Å². The van der Waals surface area contributed by atoms with Crippen LogP contribution >= 0.6 is 0 Å². The van der Waals surface area contributed by atoms with E-state index in [1.165, 1.54) is 24.6 Å². The van der Waals surface area contributed by atoms with Crippen LogP contribution in [-0.2, 0) is 10.0 Å². The predicted octanol–water partition coefficient (Wildman–Crippen LogP) is 2.93. The number of halogens is 1. The van der Waals surface area contributed by atoms with Gasteiger partial charge in [0.1, 0.15) is 10.7 Å². The number of hydrogen-bond donors (Lipinski definition) is 1. The quantitative estimate of drug-likeness (QED) is 0.933. The van der Waals surface area contributed by atoms with Crippen LogP contribution in [0.15, 0.2) is 29.2 Å². The van der Waals surface area contributed by atoms with Gasteiger partial charge in [-0.05, 0) is 67.9 Å². The topological polar surface area (TPSA) is 46.2 Å². The number of nitrogens with one attached hydrogen (secondary N) is 1. The Balaban J connectivity index is 1.60. The van der Waals surface area contributed by atoms with Gasteiger partial charge in [-0.1, -0.05) is 12.1 Å². The van der Waals surface area contributed by atoms with Crippen LogP contribution in [0.3, 0.4) is 0 Å². The minimum absolute atomic E-state index is 0.00223. The second kappa shape index (κ2) is 4.78. The first-order valence-electron chi connectivity index (χ1n) is 7.80. The van der Waals surface area contributed by atoms with Gasteiger partial charge >= 0.3 is 0 Å². The highest BCUT2D eigenvalue weighted by Gasteiger charge is 2.49. The fourth-order valence-electron chi connectivity index (χ4n) is 5.02. The summed E-state index contributed by atoms with van der Waals surface area (Å²) in [5, 5.41) is 0. The zero-order chi connectivity index (χ0) is 14.6. The second-order valence-corrected chi connectivity index (χ2v) is 8.69. The van der Waals surface area contributed by atoms with Crippen LogP contribution in [0.1, 0.15) is 32.1 Å². The molecule has 0 aliphatic heterocycles. The number of rotatable bonds is 3. The molecule has 0 radical (unpaired) electrons. The fraction of sp³-hybridized carbons (Fsp3) is 0.625. The molecule has 0 heterocycles. The van der Waals surface area contributed by atoms with Gasteiger partial charge in [-0.2, -0.15) is 0 Å². The standard InChI is InChI=1S/C16H20FNO2S/c17-14-3-1-2-4-15(14)21(19,20)18-16-12-6-10-5-11(8-12)9-13(16)7-10/h1-4,10-13,16,18H,5-9H2. The van der Waals surface area contributed by atoms with Crippen LogP contribution in [0.4, 0.5) is 4.39 Å². The first kappa shape index (κ1) is 13.7. The minimum Gasteiger partial charge on any atom is -0.207 e. The Morgan fingerprint density at radius 1 is 0.952 bits per heavy atom. The average molecular weight is 309 g/mol. The molecule has 4 aliphatic carbocycles. The first-order valence-corrected chi connectivity index (χ1v) is 9.28. The predicted molar refractivity (Wildman–Crippen MR) is 77.6 cm³/mol. The van der Waals surface area contributed by atoms with Crippen molar-refractivity contribution in [3.8, 4) is 0 Å². The zero-order valence-electron chi connectivity index (χ0n) is 11.8. The maximum absolute atomic E-state index is 13.8. The molecular formula is C16H20FNO2S. The third-order valence-corrected chi connectivity index (χ3v) is 7.14. The molecule has 0 amide bonds. The van der Waals surface area contributed by atoms with Gasteiger partial charge in [0, 0.05) is 6.04 Å². The maximum atomic E-state index is 13.8. The maximum Gasteiger partial charge on any atom is 0.243 e. The molecule has 4 fully saturated rings. The molecular weight excluding hydrogens is 289 g/mol. The summed E-state index contributed by atoms with van der Waals surface area (Å²) in [7, 11) is -3.76. The van der Waals surface area contributed by atoms with E-state index in [1.807, 2.05) is 0 Å². The Morgan fingerprint density at radius 3 is 2.10 bits per heavy atom. The molecule has 0 spiro atoms. The molecule has 114 valence electrons. The molecule has 1 aromatic carbocycles. The lowest BCUT2D eigenvalue weighted by Crippen LogP contribution is -2.55. The highest BCUT2D eigenvalue weighted by atomic mass is 32.2. The van der Waals surface area contributed by atoms with Crippen LogP contribution < -0.4 is 4.72 Å². The lowest BCUT2D eigenvalue weighted by Gasteiger charge is -2.54. The van der Waals surface area contributed by atoms with Gasteiger partial charge < -0.3 is 0 Å². The van der Waals surface area contributed by atoms with Crippen molar-refractivity contribution in [3.05, 3.63) is 30.1 Å². The van der Waals surface area contributed by atoms with Gasteiger partial charge in [0.15, 0.2) is 0 Å². The van der Waals surface area contributed by atoms with Gasteiger partial charge in [0.2, 0.25) is 10.0 Å². The molecule has 3 nitrogen and oxygen atoms in total. The van der Waals surface area contributed by atoms with E-state index in [9.17, 15) is 12.8 Å². The molecule has 0 unspecified atom stereocenters. The summed E-state index contributed by atoms with van der Waals surface area (Å²) in [6.07, 6.45) is 5.88. The van der Waals surface area contributed by atoms with E-state index in [4.69, 9.17) is 0 Å². The Morgan fingerprint density at radius 2 is 1.52 bits per heavy atom. The molecule has 0 aromatic heterocycles. The molecule has 5 rings (SSSR count). The van der Waals surface area contributed by atoms with E-state index in [1.54, 1.807) is 6.07 Å². The van der Waals surface area contributed by atoms with Gasteiger partial charge in [-0.25, -0.2) is 17.5 Å². The van der Waals surface area contributed by atoms with E-state index in [2.05, 4.69) is 4.72 Å². The van der Waals surface area contributed by atoms with Crippen molar-refractivity contribution >= 4 is 10.0 Å². The van der Waals surface area contributed by atoms with Crippen LogP contribution in [-0.4, -0.2) is 14.5 Å². The monoisotopic (exact) mass is 309 g/mol. The van der Waals surface area contributed by atoms with Crippen molar-refractivity contribution in [1.82, 2.24) is 4.72 Å². The van der Waals surface area contributed by atoms with Crippen molar-refractivity contribution < 1.29 is 12.8 Å². The largest absolute Gasteiger partial charge is 0.243 e. The Labute approximate surface area is 125 Å². The zero-order valence-corrected chi connectivity index (χ0v) is 12.7. The van der Waals surface area contributed by atoms with Crippen LogP contribution in [0.5, 0.6) is 0 Å². The summed E-state index contributed by atoms with van der Waals surface area (Å²) < 4.78 is 41.6. The van der Waals surface area contributed by atoms with Crippen LogP contribution in [0.25, 0.3) is 0 Å². The van der Waals surface area contributed by atoms with Gasteiger partial charge in [-0.3, -0.25) is 0 Å². The van der Waals surface area contributed by atoms with Crippen LogP contribution in [0.2, 0.25) is 0 Å². The number of benzene rings is 1. The lowest BCUT2D eigenvalue weighted by molar-refractivity contribution is -0.00559. The van der Waals surface area contributed by atoms with Gasteiger partial charge in [0.05, 0.1) is 0 Å². The lowest BCUT2D eigenvalue weighted by atomic mass is 9.54. The van der Waals surface area contributed by atoms with Gasteiger partial charge in [0.25, 0.3) is 0 Å². The summed E-state index contributed by atoms with van der Waals surface area (Å²) in [6.45, 7) is 0. The first-order chi connectivity index (χ1) is 10.0. The molecule has 1 aromatic rings. The van der Waals surface area contributed by atoms with Crippen molar-refractivity contribution in [2.45, 2.75) is 43.0 Å². The number of hydrogen-bond acceptors (Lipinski definition) is 2. The Hall–Kier alpha value is -0.940. The highest BCUT2D eigenvalue weighted by Crippen LogP contribution is 2.53. The van der Waals surface area contributed by atoms with Crippen molar-refractivity contribution in [1.29, 1.82) is 0 Å². The molecule has 4 aliphatic rings. The highest BCUT2D eigenvalue weighted by molar-refractivity contribution is 7.89. The molecule has 4 saturated carbocycles. The summed E-state index contributed by atoms with van der Waals surface area (Å²) >= 11 is 0. The normalized spacial score (nSPS) is 37.9. The third-order valence-electron chi connectivity index (χ3n) is 5.64. The SMILES string of the molecule is O=S(=O)(NC1C2CC3CC(C2)CC1C3)c1ccccc1F. The van der Waals surface area contributed by atoms with Crippen molar-refractivity contribution in [3.63, 3.8) is 0 Å². The fourth-order valence-corrected chi connectivity index (χ4v) is 6.48. The third kappa shape index (κ3) is 2.30. The van der Waals surface area contributed by atoms with Crippen LogP contribution in [0, 0.1) is 29.5 Å². The van der Waals surface area contributed by atoms with Crippen molar-refractivity contribution in [2.24, 2.45) is 23.7 Å². The second-order valence-electron chi connectivity index (χ2n) is 7.01. The summed E-state index contributed by atoms with van der Waals surface area (Å²) in [4.78, 5) is -0.223. The summed E-state index contributed by atoms with van der Waals surface area (Å²) in [6, 6.07) is 5.62. The summed E-state index contributed by atoms with van der Waals surface area (Å²) in [5.41, 5.74) is 0. The molecule has 0 saturated heterocycles. The Bertz CT molecular complexity index is 630. The van der Waals surface area contributed by atoms with E-state index in [0.29, 0.717) is 11.8 Å². The number of sulfonamides is 1. The molecule has 4 bridgehead atoms. The van der Waals surface area contributed by atoms with Gasteiger partial charge in [-0.15, -0.1) is 0 Å².